The highest BCUT2D eigenvalue weighted by Crippen LogP contribution is 2.28. The molecule has 1 unspecified atom stereocenters. The molecule has 5 nitrogen and oxygen atoms in total. The molecule has 1 aromatic heterocycles. The maximum atomic E-state index is 12.6. The van der Waals surface area contributed by atoms with E-state index >= 15 is 0 Å². The summed E-state index contributed by atoms with van der Waals surface area (Å²) in [4.78, 5) is 30.2. The first-order valence-corrected chi connectivity index (χ1v) is 8.65. The molecule has 2 aromatic rings. The molecule has 0 radical (unpaired) electrons. The van der Waals surface area contributed by atoms with Gasteiger partial charge in [-0.2, -0.15) is 5.26 Å². The topological polar surface area (TPSA) is 74.1 Å². The third-order valence-corrected chi connectivity index (χ3v) is 4.88. The monoisotopic (exact) mass is 353 g/mol. The number of aryl methyl sites for hydroxylation is 1. The summed E-state index contributed by atoms with van der Waals surface area (Å²) in [5.74, 6) is -0.221. The molecule has 0 saturated carbocycles. The number of para-hydroxylation sites is 1. The van der Waals surface area contributed by atoms with Crippen molar-refractivity contribution >= 4 is 29.1 Å². The molecular weight excluding hydrogens is 334 g/mol. The lowest BCUT2D eigenvalue weighted by molar-refractivity contribution is -0.117. The average molecular weight is 353 g/mol. The van der Waals surface area contributed by atoms with E-state index in [0.29, 0.717) is 21.8 Å². The zero-order valence-corrected chi connectivity index (χ0v) is 15.4. The number of nitriles is 1. The molecule has 0 fully saturated rings. The largest absolute Gasteiger partial charge is 0.315 e. The molecule has 0 aliphatic heterocycles. The predicted octanol–water partition coefficient (Wildman–Crippen LogP) is 3.61. The second-order valence-corrected chi connectivity index (χ2v) is 6.96. The minimum Gasteiger partial charge on any atom is -0.315 e. The van der Waals surface area contributed by atoms with Gasteiger partial charge in [0.1, 0.15) is 11.1 Å². The molecule has 1 aromatic carbocycles. The van der Waals surface area contributed by atoms with Crippen LogP contribution in [0.2, 0.25) is 0 Å². The van der Waals surface area contributed by atoms with Crippen molar-refractivity contribution in [3.8, 4) is 6.07 Å². The first kappa shape index (κ1) is 18.7. The van der Waals surface area contributed by atoms with Gasteiger partial charge >= 0.3 is 0 Å². The Morgan fingerprint density at radius 3 is 2.48 bits per heavy atom. The second-order valence-electron chi connectivity index (χ2n) is 5.63. The van der Waals surface area contributed by atoms with Crippen molar-refractivity contribution in [1.82, 2.24) is 4.98 Å². The smallest absolute Gasteiger partial charge is 0.239 e. The van der Waals surface area contributed by atoms with E-state index in [0.717, 1.165) is 5.69 Å². The van der Waals surface area contributed by atoms with Gasteiger partial charge in [-0.1, -0.05) is 30.0 Å². The van der Waals surface area contributed by atoms with Gasteiger partial charge in [0, 0.05) is 24.0 Å². The number of ketones is 1. The molecule has 6 heteroatoms. The van der Waals surface area contributed by atoms with Gasteiger partial charge in [-0.3, -0.25) is 9.59 Å². The first-order chi connectivity index (χ1) is 11.8. The molecule has 128 valence electrons. The number of rotatable bonds is 5. The summed E-state index contributed by atoms with van der Waals surface area (Å²) in [6, 6.07) is 13.0. The van der Waals surface area contributed by atoms with Gasteiger partial charge < -0.3 is 4.90 Å². The van der Waals surface area contributed by atoms with E-state index in [-0.39, 0.29) is 11.7 Å². The third kappa shape index (κ3) is 4.25. The minimum atomic E-state index is -0.424. The lowest BCUT2D eigenvalue weighted by atomic mass is 10.1. The quantitative estimate of drug-likeness (QED) is 0.606. The molecule has 1 amide bonds. The first-order valence-electron chi connectivity index (χ1n) is 7.77. The zero-order valence-electron chi connectivity index (χ0n) is 14.6. The van der Waals surface area contributed by atoms with E-state index in [2.05, 4.69) is 11.1 Å². The highest BCUT2D eigenvalue weighted by Gasteiger charge is 2.22. The van der Waals surface area contributed by atoms with Gasteiger partial charge in [0.05, 0.1) is 10.8 Å². The number of thioether (sulfide) groups is 1. The van der Waals surface area contributed by atoms with Gasteiger partial charge in [0.2, 0.25) is 5.91 Å². The van der Waals surface area contributed by atoms with E-state index in [4.69, 9.17) is 0 Å². The summed E-state index contributed by atoms with van der Waals surface area (Å²) >= 11 is 1.22. The maximum Gasteiger partial charge on any atom is 0.239 e. The molecule has 0 N–H and O–H groups in total. The van der Waals surface area contributed by atoms with Crippen LogP contribution in [0.4, 0.5) is 5.69 Å². The van der Waals surface area contributed by atoms with Crippen LogP contribution in [0.15, 0.2) is 41.4 Å². The van der Waals surface area contributed by atoms with E-state index in [1.165, 1.54) is 18.7 Å². The van der Waals surface area contributed by atoms with Crippen LogP contribution < -0.4 is 4.90 Å². The number of aromatic nitrogens is 1. The average Bonchev–Trinajstić information content (AvgIpc) is 2.61. The van der Waals surface area contributed by atoms with E-state index in [1.54, 1.807) is 31.9 Å². The predicted molar refractivity (Wildman–Crippen MR) is 98.9 cm³/mol. The van der Waals surface area contributed by atoms with Gasteiger partial charge in [-0.15, -0.1) is 0 Å². The lowest BCUT2D eigenvalue weighted by Gasteiger charge is -2.21. The molecular formula is C19H19N3O2S. The number of nitrogens with zero attached hydrogens (tertiary/aromatic N) is 3. The highest BCUT2D eigenvalue weighted by atomic mass is 32.2. The van der Waals surface area contributed by atoms with Crippen LogP contribution in [0.3, 0.4) is 0 Å². The van der Waals surface area contributed by atoms with E-state index in [9.17, 15) is 14.9 Å². The van der Waals surface area contributed by atoms with Crippen molar-refractivity contribution in [3.05, 3.63) is 53.2 Å². The van der Waals surface area contributed by atoms with Crippen molar-refractivity contribution in [1.29, 1.82) is 5.26 Å². The van der Waals surface area contributed by atoms with Crippen molar-refractivity contribution in [2.24, 2.45) is 0 Å². The van der Waals surface area contributed by atoms with Gasteiger partial charge in [0.25, 0.3) is 0 Å². The fourth-order valence-electron chi connectivity index (χ4n) is 2.38. The summed E-state index contributed by atoms with van der Waals surface area (Å²) in [7, 11) is 1.72. The number of anilines is 1. The van der Waals surface area contributed by atoms with Crippen LogP contribution >= 0.6 is 11.8 Å². The van der Waals surface area contributed by atoms with Crippen molar-refractivity contribution in [2.75, 3.05) is 11.9 Å². The fourth-order valence-corrected chi connectivity index (χ4v) is 3.39. The summed E-state index contributed by atoms with van der Waals surface area (Å²) in [6.45, 7) is 4.95. The van der Waals surface area contributed by atoms with Gasteiger partial charge in [-0.05, 0) is 39.0 Å². The Morgan fingerprint density at radius 2 is 1.92 bits per heavy atom. The maximum absolute atomic E-state index is 12.6. The number of carbonyl (C=O) groups excluding carboxylic acids is 2. The summed E-state index contributed by atoms with van der Waals surface area (Å²) in [5, 5.41) is 9.39. The minimum absolute atomic E-state index is 0.0878. The Morgan fingerprint density at radius 1 is 1.28 bits per heavy atom. The normalized spacial score (nSPS) is 11.5. The molecule has 1 atom stereocenters. The van der Waals surface area contributed by atoms with Crippen molar-refractivity contribution in [3.63, 3.8) is 0 Å². The van der Waals surface area contributed by atoms with Crippen LogP contribution in [0.5, 0.6) is 0 Å². The Labute approximate surface area is 151 Å². The summed E-state index contributed by atoms with van der Waals surface area (Å²) in [5.41, 5.74) is 2.10. The van der Waals surface area contributed by atoms with Crippen LogP contribution in [0, 0.1) is 18.3 Å². The third-order valence-electron chi connectivity index (χ3n) is 3.79. The molecule has 25 heavy (non-hydrogen) atoms. The number of hydrogen-bond acceptors (Lipinski definition) is 5. The lowest BCUT2D eigenvalue weighted by Crippen LogP contribution is -2.33. The van der Waals surface area contributed by atoms with E-state index < -0.39 is 5.25 Å². The highest BCUT2D eigenvalue weighted by molar-refractivity contribution is 8.00. The molecule has 1 heterocycles. The van der Waals surface area contributed by atoms with Crippen molar-refractivity contribution < 1.29 is 9.59 Å². The standard InChI is InChI=1S/C19H19N3O2S/c1-12-17(13(2)23)10-15(11-20)18(21-12)25-14(3)19(24)22(4)16-8-6-5-7-9-16/h5-10,14H,1-4H3. The number of Topliss-reactive ketones (excluding diaryl/α,β-unsaturated/α-hetero) is 1. The van der Waals surface area contributed by atoms with Crippen LogP contribution in [0.1, 0.15) is 35.5 Å². The number of hydrogen-bond donors (Lipinski definition) is 0. The molecule has 0 aliphatic rings. The molecule has 2 rings (SSSR count). The van der Waals surface area contributed by atoms with Crippen LogP contribution in [0.25, 0.3) is 0 Å². The molecule has 0 saturated heterocycles. The number of amides is 1. The van der Waals surface area contributed by atoms with E-state index in [1.807, 2.05) is 30.3 Å². The fraction of sp³-hybridized carbons (Fsp3) is 0.263. The second kappa shape index (κ2) is 7.95. The molecule has 0 spiro atoms. The number of benzene rings is 1. The Balaban J connectivity index is 2.24. The van der Waals surface area contributed by atoms with Crippen molar-refractivity contribution in [2.45, 2.75) is 31.0 Å². The number of pyridine rings is 1. The molecule has 0 aliphatic carbocycles. The van der Waals surface area contributed by atoms with Crippen LogP contribution in [-0.4, -0.2) is 29.0 Å². The number of carbonyl (C=O) groups is 2. The van der Waals surface area contributed by atoms with Gasteiger partial charge in [-0.25, -0.2) is 4.98 Å². The summed E-state index contributed by atoms with van der Waals surface area (Å²) < 4.78 is 0. The Hall–Kier alpha value is -2.65. The Bertz CT molecular complexity index is 844. The van der Waals surface area contributed by atoms with Crippen LogP contribution in [-0.2, 0) is 4.79 Å². The molecule has 0 bridgehead atoms. The SMILES string of the molecule is CC(=O)c1cc(C#N)c(SC(C)C(=O)N(C)c2ccccc2)nc1C. The summed E-state index contributed by atoms with van der Waals surface area (Å²) in [6.07, 6.45) is 0. The Kier molecular flexibility index (Phi) is 5.94. The zero-order chi connectivity index (χ0) is 18.6. The van der Waals surface area contributed by atoms with Gasteiger partial charge in [0.15, 0.2) is 5.78 Å².